The Morgan fingerprint density at radius 3 is 1.67 bits per heavy atom. The molecule has 0 heterocycles. The summed E-state index contributed by atoms with van der Waals surface area (Å²) in [5, 5.41) is 9.13. The molecule has 0 bridgehead atoms. The lowest BCUT2D eigenvalue weighted by atomic mass is 10.1. The highest BCUT2D eigenvalue weighted by Crippen LogP contribution is 2.21. The lowest BCUT2D eigenvalue weighted by Crippen LogP contribution is -1.86. The number of ether oxygens (including phenoxy) is 1. The topological polar surface area (TPSA) is 29.5 Å². The molecule has 136 valence electrons. The van der Waals surface area contributed by atoms with Crippen molar-refractivity contribution in [1.82, 2.24) is 0 Å². The van der Waals surface area contributed by atoms with Crippen molar-refractivity contribution in [1.29, 1.82) is 0 Å². The number of hydrogen-bond acceptors (Lipinski definition) is 2. The summed E-state index contributed by atoms with van der Waals surface area (Å²) < 4.78 is 5.45. The minimum atomic E-state index is 0.0660. The van der Waals surface area contributed by atoms with Crippen LogP contribution in [-0.4, -0.2) is 12.2 Å². The molecular formula is C25H24O2. The van der Waals surface area contributed by atoms with Gasteiger partial charge in [-0.2, -0.15) is 0 Å². The second-order valence-corrected chi connectivity index (χ2v) is 6.52. The summed E-state index contributed by atoms with van der Waals surface area (Å²) in [6.45, 7) is 2.15. The molecule has 0 amide bonds. The van der Waals surface area contributed by atoms with Crippen LogP contribution in [-0.2, 0) is 6.61 Å². The number of benzene rings is 3. The fourth-order valence-corrected chi connectivity index (χ4v) is 2.75. The van der Waals surface area contributed by atoms with E-state index < -0.39 is 0 Å². The van der Waals surface area contributed by atoms with E-state index >= 15 is 0 Å². The van der Waals surface area contributed by atoms with Gasteiger partial charge in [0.2, 0.25) is 0 Å². The summed E-state index contributed by atoms with van der Waals surface area (Å²) in [4.78, 5) is 0. The molecule has 0 spiro atoms. The second-order valence-electron chi connectivity index (χ2n) is 6.52. The van der Waals surface area contributed by atoms with Crippen molar-refractivity contribution in [2.24, 2.45) is 0 Å². The van der Waals surface area contributed by atoms with Gasteiger partial charge in [0, 0.05) is 0 Å². The van der Waals surface area contributed by atoms with E-state index in [4.69, 9.17) is 9.84 Å². The van der Waals surface area contributed by atoms with Gasteiger partial charge in [0.25, 0.3) is 0 Å². The quantitative estimate of drug-likeness (QED) is 0.563. The first-order chi connectivity index (χ1) is 13.2. The third kappa shape index (κ3) is 5.44. The fraction of sp³-hybridized carbons (Fsp3) is 0.120. The molecule has 0 radical (unpaired) electrons. The molecule has 3 rings (SSSR count). The molecule has 2 nitrogen and oxygen atoms in total. The Labute approximate surface area is 161 Å². The van der Waals surface area contributed by atoms with Crippen LogP contribution in [0.5, 0.6) is 5.75 Å². The van der Waals surface area contributed by atoms with E-state index in [0.717, 1.165) is 28.0 Å². The van der Waals surface area contributed by atoms with E-state index in [-0.39, 0.29) is 6.61 Å². The maximum Gasteiger partial charge on any atom is 0.120 e. The highest BCUT2D eigenvalue weighted by molar-refractivity contribution is 5.75. The molecule has 0 aromatic heterocycles. The van der Waals surface area contributed by atoms with E-state index in [9.17, 15) is 0 Å². The lowest BCUT2D eigenvalue weighted by Gasteiger charge is -2.05. The first-order valence-electron chi connectivity index (χ1n) is 8.98. The van der Waals surface area contributed by atoms with Crippen LogP contribution in [0.25, 0.3) is 24.3 Å². The van der Waals surface area contributed by atoms with Crippen LogP contribution < -0.4 is 4.74 Å². The monoisotopic (exact) mass is 356 g/mol. The van der Waals surface area contributed by atoms with Crippen molar-refractivity contribution in [3.05, 3.63) is 100 Å². The molecule has 3 aromatic rings. The van der Waals surface area contributed by atoms with Crippen molar-refractivity contribution in [2.75, 3.05) is 7.11 Å². The van der Waals surface area contributed by atoms with E-state index in [1.165, 1.54) is 11.1 Å². The van der Waals surface area contributed by atoms with Crippen LogP contribution in [0.2, 0.25) is 0 Å². The Morgan fingerprint density at radius 2 is 1.19 bits per heavy atom. The van der Waals surface area contributed by atoms with Gasteiger partial charge in [-0.15, -0.1) is 0 Å². The third-order valence-corrected chi connectivity index (χ3v) is 4.36. The molecule has 0 unspecified atom stereocenters. The Hall–Kier alpha value is -3.10. The van der Waals surface area contributed by atoms with Crippen molar-refractivity contribution in [3.63, 3.8) is 0 Å². The van der Waals surface area contributed by atoms with Gasteiger partial charge >= 0.3 is 0 Å². The summed E-state index contributed by atoms with van der Waals surface area (Å²) in [5.41, 5.74) is 6.59. The number of methoxy groups -OCH3 is 1. The molecule has 0 saturated heterocycles. The van der Waals surface area contributed by atoms with Crippen LogP contribution in [0.15, 0.2) is 66.7 Å². The zero-order chi connectivity index (χ0) is 19.1. The first kappa shape index (κ1) is 18.7. The van der Waals surface area contributed by atoms with Crippen LogP contribution in [0.1, 0.15) is 33.4 Å². The van der Waals surface area contributed by atoms with Gasteiger partial charge < -0.3 is 9.84 Å². The van der Waals surface area contributed by atoms with Crippen molar-refractivity contribution < 1.29 is 9.84 Å². The minimum Gasteiger partial charge on any atom is -0.497 e. The highest BCUT2D eigenvalue weighted by Gasteiger charge is 1.98. The summed E-state index contributed by atoms with van der Waals surface area (Å²) in [6, 6.07) is 22.5. The largest absolute Gasteiger partial charge is 0.497 e. The maximum absolute atomic E-state index is 9.13. The van der Waals surface area contributed by atoms with Crippen LogP contribution in [0.4, 0.5) is 0 Å². The zero-order valence-corrected chi connectivity index (χ0v) is 15.7. The van der Waals surface area contributed by atoms with Gasteiger partial charge in [0.15, 0.2) is 0 Å². The van der Waals surface area contributed by atoms with Crippen LogP contribution in [0.3, 0.4) is 0 Å². The molecular weight excluding hydrogens is 332 g/mol. The molecule has 0 aliphatic rings. The third-order valence-electron chi connectivity index (χ3n) is 4.36. The fourth-order valence-electron chi connectivity index (χ4n) is 2.75. The van der Waals surface area contributed by atoms with Crippen LogP contribution >= 0.6 is 0 Å². The van der Waals surface area contributed by atoms with Gasteiger partial charge in [-0.05, 0) is 52.9 Å². The predicted molar refractivity (Wildman–Crippen MR) is 114 cm³/mol. The van der Waals surface area contributed by atoms with Crippen molar-refractivity contribution >= 4 is 24.3 Å². The maximum atomic E-state index is 9.13. The average molecular weight is 356 g/mol. The molecule has 3 aromatic carbocycles. The van der Waals surface area contributed by atoms with Crippen LogP contribution in [0, 0.1) is 6.92 Å². The van der Waals surface area contributed by atoms with E-state index in [1.54, 1.807) is 7.11 Å². The second kappa shape index (κ2) is 9.02. The first-order valence-corrected chi connectivity index (χ1v) is 8.98. The molecule has 27 heavy (non-hydrogen) atoms. The summed E-state index contributed by atoms with van der Waals surface area (Å²) in [5.74, 6) is 0.830. The Morgan fingerprint density at radius 1 is 0.704 bits per heavy atom. The smallest absolute Gasteiger partial charge is 0.120 e. The summed E-state index contributed by atoms with van der Waals surface area (Å²) >= 11 is 0. The molecule has 0 atom stereocenters. The average Bonchev–Trinajstić information content (AvgIpc) is 2.72. The molecule has 0 saturated carbocycles. The zero-order valence-electron chi connectivity index (χ0n) is 15.7. The normalized spacial score (nSPS) is 11.4. The highest BCUT2D eigenvalue weighted by atomic mass is 16.5. The van der Waals surface area contributed by atoms with E-state index in [2.05, 4.69) is 61.6 Å². The minimum absolute atomic E-state index is 0.0660. The van der Waals surface area contributed by atoms with E-state index in [1.807, 2.05) is 36.4 Å². The summed E-state index contributed by atoms with van der Waals surface area (Å²) in [6.07, 6.45) is 8.33. The van der Waals surface area contributed by atoms with Gasteiger partial charge in [-0.1, -0.05) is 78.4 Å². The molecule has 1 N–H and O–H groups in total. The molecule has 0 fully saturated rings. The number of hydrogen-bond donors (Lipinski definition) is 1. The Kier molecular flexibility index (Phi) is 6.24. The predicted octanol–water partition coefficient (Wildman–Crippen LogP) is 5.84. The number of aliphatic hydroxyl groups is 1. The van der Waals surface area contributed by atoms with E-state index in [0.29, 0.717) is 0 Å². The Balaban J connectivity index is 1.81. The standard InChI is InChI=1S/C25H24O2/c1-19-3-5-20(6-4-19)9-13-23-15-24(17-25(16-23)27-2)14-10-21-7-11-22(18-26)12-8-21/h3-17,26H,18H2,1-2H3/b13-9+,14-10+. The number of aryl methyl sites for hydroxylation is 1. The number of aliphatic hydroxyl groups excluding tert-OH is 1. The van der Waals surface area contributed by atoms with Gasteiger partial charge in [0.1, 0.15) is 5.75 Å². The molecule has 0 aliphatic heterocycles. The SMILES string of the molecule is COc1cc(/C=C/c2ccc(C)cc2)cc(/C=C/c2ccc(CO)cc2)c1. The molecule has 0 aliphatic carbocycles. The summed E-state index contributed by atoms with van der Waals surface area (Å²) in [7, 11) is 1.68. The van der Waals surface area contributed by atoms with Crippen molar-refractivity contribution in [3.8, 4) is 5.75 Å². The molecule has 2 heteroatoms. The van der Waals surface area contributed by atoms with Crippen molar-refractivity contribution in [2.45, 2.75) is 13.5 Å². The van der Waals surface area contributed by atoms with Gasteiger partial charge in [-0.25, -0.2) is 0 Å². The van der Waals surface area contributed by atoms with Gasteiger partial charge in [-0.3, -0.25) is 0 Å². The lowest BCUT2D eigenvalue weighted by molar-refractivity contribution is 0.282. The Bertz CT molecular complexity index is 933. The number of rotatable bonds is 6. The van der Waals surface area contributed by atoms with Gasteiger partial charge in [0.05, 0.1) is 13.7 Å².